The molecule has 0 bridgehead atoms. The number of anilines is 1. The van der Waals surface area contributed by atoms with Gasteiger partial charge in [-0.2, -0.15) is 0 Å². The summed E-state index contributed by atoms with van der Waals surface area (Å²) >= 11 is 0. The minimum absolute atomic E-state index is 0.0981. The third kappa shape index (κ3) is 2.36. The van der Waals surface area contributed by atoms with Gasteiger partial charge in [0.25, 0.3) is 0 Å². The summed E-state index contributed by atoms with van der Waals surface area (Å²) in [6.45, 7) is 1.27. The molecule has 4 N–H and O–H groups in total. The van der Waals surface area contributed by atoms with Gasteiger partial charge >= 0.3 is 17.3 Å². The van der Waals surface area contributed by atoms with Crippen LogP contribution < -0.4 is 16.7 Å². The molecule has 104 valence electrons. The van der Waals surface area contributed by atoms with Crippen LogP contribution in [-0.4, -0.2) is 31.7 Å². The Hall–Kier alpha value is -3.10. The largest absolute Gasteiger partial charge is 0.478 e. The van der Waals surface area contributed by atoms with Gasteiger partial charge in [0.1, 0.15) is 0 Å². The monoisotopic (exact) mass is 278 g/mol. The molecule has 1 heterocycles. The highest BCUT2D eigenvalue weighted by Gasteiger charge is 2.16. The molecule has 0 saturated carbocycles. The second-order valence-corrected chi connectivity index (χ2v) is 3.91. The number of rotatable bonds is 3. The van der Waals surface area contributed by atoms with Crippen LogP contribution in [0.25, 0.3) is 5.69 Å². The number of hydrogen-bond donors (Lipinski definition) is 4. The first-order chi connectivity index (χ1) is 9.40. The lowest BCUT2D eigenvalue weighted by atomic mass is 10.1. The Balaban J connectivity index is 2.66. The van der Waals surface area contributed by atoms with Crippen LogP contribution in [-0.2, 0) is 4.79 Å². The van der Waals surface area contributed by atoms with Crippen molar-refractivity contribution in [2.75, 3.05) is 5.32 Å². The maximum absolute atomic E-state index is 11.5. The molecule has 0 spiro atoms. The lowest BCUT2D eigenvalue weighted by Crippen LogP contribution is -2.26. The molecule has 2 aromatic rings. The molecule has 1 amide bonds. The van der Waals surface area contributed by atoms with Gasteiger partial charge in [-0.15, -0.1) is 0 Å². The van der Waals surface area contributed by atoms with Gasteiger partial charge in [0.2, 0.25) is 5.91 Å². The maximum Gasteiger partial charge on any atom is 0.349 e. The molecular formula is C11H10N4O5. The Labute approximate surface area is 110 Å². The third-order valence-electron chi connectivity index (χ3n) is 2.47. The molecule has 2 rings (SSSR count). The summed E-state index contributed by atoms with van der Waals surface area (Å²) in [5, 5.41) is 15.7. The molecule has 1 aromatic heterocycles. The van der Waals surface area contributed by atoms with Gasteiger partial charge in [0.05, 0.1) is 11.3 Å². The van der Waals surface area contributed by atoms with E-state index in [0.29, 0.717) is 4.57 Å². The van der Waals surface area contributed by atoms with Crippen LogP contribution in [0.3, 0.4) is 0 Å². The van der Waals surface area contributed by atoms with E-state index in [2.05, 4.69) is 15.5 Å². The lowest BCUT2D eigenvalue weighted by Gasteiger charge is -2.08. The first kappa shape index (κ1) is 13.3. The number of aromatic carboxylic acids is 1. The topological polar surface area (TPSA) is 137 Å². The van der Waals surface area contributed by atoms with Gasteiger partial charge in [-0.1, -0.05) is 0 Å². The Morgan fingerprint density at radius 2 is 1.80 bits per heavy atom. The summed E-state index contributed by atoms with van der Waals surface area (Å²) in [5.74, 6) is -1.70. The zero-order valence-corrected chi connectivity index (χ0v) is 10.3. The number of aromatic amines is 2. The van der Waals surface area contributed by atoms with E-state index in [-0.39, 0.29) is 22.8 Å². The zero-order chi connectivity index (χ0) is 14.9. The zero-order valence-electron chi connectivity index (χ0n) is 10.3. The molecular weight excluding hydrogens is 268 g/mol. The van der Waals surface area contributed by atoms with Crippen molar-refractivity contribution in [3.8, 4) is 5.69 Å². The van der Waals surface area contributed by atoms with E-state index in [0.717, 1.165) is 6.07 Å². The van der Waals surface area contributed by atoms with Crippen LogP contribution in [0.5, 0.6) is 0 Å². The van der Waals surface area contributed by atoms with Crippen LogP contribution in [0.2, 0.25) is 0 Å². The first-order valence-electron chi connectivity index (χ1n) is 5.45. The molecule has 0 aliphatic rings. The van der Waals surface area contributed by atoms with E-state index >= 15 is 0 Å². The summed E-state index contributed by atoms with van der Waals surface area (Å²) in [5.41, 5.74) is -1.71. The van der Waals surface area contributed by atoms with Gasteiger partial charge in [-0.25, -0.2) is 29.1 Å². The molecule has 20 heavy (non-hydrogen) atoms. The van der Waals surface area contributed by atoms with Crippen molar-refractivity contribution < 1.29 is 14.7 Å². The third-order valence-corrected chi connectivity index (χ3v) is 2.47. The SMILES string of the molecule is CC(=O)Nc1ccc(-n2c(=O)[nH][nH]c2=O)c(C(=O)O)c1. The fourth-order valence-electron chi connectivity index (χ4n) is 1.71. The number of nitrogens with zero attached hydrogens (tertiary/aromatic N) is 1. The van der Waals surface area contributed by atoms with E-state index in [4.69, 9.17) is 5.11 Å². The van der Waals surface area contributed by atoms with Gasteiger partial charge in [-0.3, -0.25) is 4.79 Å². The summed E-state index contributed by atoms with van der Waals surface area (Å²) in [6.07, 6.45) is 0. The fourth-order valence-corrected chi connectivity index (χ4v) is 1.71. The van der Waals surface area contributed by atoms with Crippen LogP contribution in [0.15, 0.2) is 27.8 Å². The molecule has 0 saturated heterocycles. The predicted octanol–water partition coefficient (Wildman–Crippen LogP) is -0.489. The second-order valence-electron chi connectivity index (χ2n) is 3.91. The van der Waals surface area contributed by atoms with E-state index in [1.54, 1.807) is 0 Å². The molecule has 0 aliphatic heterocycles. The summed E-state index contributed by atoms with van der Waals surface area (Å²) < 4.78 is 0.654. The Morgan fingerprint density at radius 3 is 2.30 bits per heavy atom. The van der Waals surface area contributed by atoms with Crippen molar-refractivity contribution >= 4 is 17.6 Å². The Kier molecular flexibility index (Phi) is 3.25. The van der Waals surface area contributed by atoms with E-state index in [1.807, 2.05) is 0 Å². The summed E-state index contributed by atoms with van der Waals surface area (Å²) in [4.78, 5) is 45.2. The number of hydrogen-bond acceptors (Lipinski definition) is 4. The predicted molar refractivity (Wildman–Crippen MR) is 68.3 cm³/mol. The van der Waals surface area contributed by atoms with Crippen molar-refractivity contribution in [1.82, 2.24) is 14.8 Å². The van der Waals surface area contributed by atoms with Gasteiger partial charge < -0.3 is 10.4 Å². The molecule has 9 heteroatoms. The average molecular weight is 278 g/mol. The highest BCUT2D eigenvalue weighted by molar-refractivity contribution is 5.95. The number of carbonyl (C=O) groups excluding carboxylic acids is 1. The highest BCUT2D eigenvalue weighted by atomic mass is 16.4. The molecule has 0 unspecified atom stereocenters. The molecule has 0 fully saturated rings. The number of carboxylic acids is 1. The Morgan fingerprint density at radius 1 is 1.20 bits per heavy atom. The molecule has 0 atom stereocenters. The van der Waals surface area contributed by atoms with Gasteiger partial charge in [0.15, 0.2) is 0 Å². The van der Waals surface area contributed by atoms with E-state index in [9.17, 15) is 19.2 Å². The van der Waals surface area contributed by atoms with Gasteiger partial charge in [-0.05, 0) is 18.2 Å². The van der Waals surface area contributed by atoms with Crippen molar-refractivity contribution in [2.45, 2.75) is 6.92 Å². The summed E-state index contributed by atoms with van der Waals surface area (Å²) in [7, 11) is 0. The van der Waals surface area contributed by atoms with Crippen LogP contribution in [0, 0.1) is 0 Å². The van der Waals surface area contributed by atoms with Crippen molar-refractivity contribution in [3.05, 3.63) is 44.7 Å². The highest BCUT2D eigenvalue weighted by Crippen LogP contribution is 2.18. The Bertz CT molecular complexity index is 770. The normalized spacial score (nSPS) is 10.2. The number of benzene rings is 1. The van der Waals surface area contributed by atoms with Crippen LogP contribution >= 0.6 is 0 Å². The van der Waals surface area contributed by atoms with Crippen molar-refractivity contribution in [1.29, 1.82) is 0 Å². The number of H-pyrrole nitrogens is 2. The van der Waals surface area contributed by atoms with Gasteiger partial charge in [0, 0.05) is 12.6 Å². The number of amides is 1. The number of aromatic nitrogens is 3. The molecule has 9 nitrogen and oxygen atoms in total. The average Bonchev–Trinajstić information content (AvgIpc) is 2.68. The van der Waals surface area contributed by atoms with Crippen LogP contribution in [0.4, 0.5) is 5.69 Å². The van der Waals surface area contributed by atoms with E-state index in [1.165, 1.54) is 19.1 Å². The standard InChI is InChI=1S/C11H10N4O5/c1-5(16)12-6-2-3-8(7(4-6)9(17)18)15-10(19)13-14-11(15)20/h2-4H,1H3,(H,12,16)(H,13,19)(H,14,20)(H,17,18). The fraction of sp³-hybridized carbons (Fsp3) is 0.0909. The van der Waals surface area contributed by atoms with Crippen molar-refractivity contribution in [2.24, 2.45) is 0 Å². The molecule has 0 radical (unpaired) electrons. The number of nitrogens with one attached hydrogen (secondary N) is 3. The second kappa shape index (κ2) is 4.88. The number of carboxylic acid groups (broad SMARTS) is 1. The first-order valence-corrected chi connectivity index (χ1v) is 5.45. The number of carbonyl (C=O) groups is 2. The van der Waals surface area contributed by atoms with Crippen molar-refractivity contribution in [3.63, 3.8) is 0 Å². The lowest BCUT2D eigenvalue weighted by molar-refractivity contribution is -0.114. The minimum atomic E-state index is -1.33. The summed E-state index contributed by atoms with van der Waals surface area (Å²) in [6, 6.07) is 3.82. The quantitative estimate of drug-likeness (QED) is 0.600. The smallest absolute Gasteiger partial charge is 0.349 e. The molecule has 1 aromatic carbocycles. The maximum atomic E-state index is 11.5. The van der Waals surface area contributed by atoms with Crippen LogP contribution in [0.1, 0.15) is 17.3 Å². The minimum Gasteiger partial charge on any atom is -0.478 e. The molecule has 0 aliphatic carbocycles. The van der Waals surface area contributed by atoms with E-state index < -0.39 is 17.3 Å².